The summed E-state index contributed by atoms with van der Waals surface area (Å²) in [7, 11) is 1.65. The average Bonchev–Trinajstić information content (AvgIpc) is 2.44. The number of rotatable bonds is 6. The molecule has 0 aliphatic rings. The molecular weight excluding hydrogens is 306 g/mol. The minimum atomic E-state index is 0.610. The van der Waals surface area contributed by atoms with Crippen molar-refractivity contribution in [3.63, 3.8) is 0 Å². The number of benzene rings is 2. The highest BCUT2D eigenvalue weighted by molar-refractivity contribution is 9.10. The Kier molecular flexibility index (Phi) is 5.10. The number of hydrogen-bond acceptors (Lipinski definition) is 3. The van der Waals surface area contributed by atoms with Gasteiger partial charge in [0.2, 0.25) is 0 Å². The molecule has 1 N–H and O–H groups in total. The quantitative estimate of drug-likeness (QED) is 0.817. The summed E-state index contributed by atoms with van der Waals surface area (Å²) < 4.78 is 11.8. The first kappa shape index (κ1) is 13.7. The zero-order valence-corrected chi connectivity index (χ0v) is 12.3. The third-order valence-electron chi connectivity index (χ3n) is 2.58. The Morgan fingerprint density at radius 2 is 1.79 bits per heavy atom. The number of halogens is 1. The van der Waals surface area contributed by atoms with Gasteiger partial charge in [0, 0.05) is 16.7 Å². The van der Waals surface area contributed by atoms with E-state index in [4.69, 9.17) is 9.47 Å². The van der Waals surface area contributed by atoms with Crippen LogP contribution in [0.4, 0.5) is 5.69 Å². The molecule has 0 saturated heterocycles. The number of ether oxygens (including phenoxy) is 2. The fraction of sp³-hybridized carbons (Fsp3) is 0.200. The van der Waals surface area contributed by atoms with E-state index in [0.29, 0.717) is 6.61 Å². The van der Waals surface area contributed by atoms with Crippen LogP contribution in [0, 0.1) is 0 Å². The van der Waals surface area contributed by atoms with Gasteiger partial charge < -0.3 is 14.8 Å². The number of methoxy groups -OCH3 is 1. The molecule has 2 aromatic rings. The first-order chi connectivity index (χ1) is 9.28. The molecule has 0 bridgehead atoms. The molecule has 0 spiro atoms. The van der Waals surface area contributed by atoms with Gasteiger partial charge >= 0.3 is 0 Å². The first-order valence-electron chi connectivity index (χ1n) is 6.04. The van der Waals surface area contributed by atoms with Gasteiger partial charge in [0.05, 0.1) is 7.11 Å². The molecule has 0 aliphatic carbocycles. The highest BCUT2D eigenvalue weighted by Gasteiger charge is 1.96. The molecule has 0 atom stereocenters. The molecule has 0 saturated carbocycles. The second kappa shape index (κ2) is 7.04. The summed E-state index contributed by atoms with van der Waals surface area (Å²) in [5.41, 5.74) is 1.08. The van der Waals surface area contributed by atoms with Crippen molar-refractivity contribution in [3.05, 3.63) is 53.0 Å². The maximum atomic E-state index is 5.63. The van der Waals surface area contributed by atoms with Gasteiger partial charge in [0.25, 0.3) is 0 Å². The van der Waals surface area contributed by atoms with E-state index in [1.54, 1.807) is 7.11 Å². The van der Waals surface area contributed by atoms with Crippen molar-refractivity contribution in [1.82, 2.24) is 0 Å². The summed E-state index contributed by atoms with van der Waals surface area (Å²) in [6.45, 7) is 1.36. The summed E-state index contributed by atoms with van der Waals surface area (Å²) in [4.78, 5) is 0. The third kappa shape index (κ3) is 4.48. The third-order valence-corrected chi connectivity index (χ3v) is 3.08. The van der Waals surface area contributed by atoms with Crippen LogP contribution in [0.3, 0.4) is 0 Å². The molecule has 19 heavy (non-hydrogen) atoms. The van der Waals surface area contributed by atoms with Gasteiger partial charge in [-0.15, -0.1) is 0 Å². The van der Waals surface area contributed by atoms with E-state index < -0.39 is 0 Å². The van der Waals surface area contributed by atoms with E-state index in [0.717, 1.165) is 28.2 Å². The summed E-state index contributed by atoms with van der Waals surface area (Å²) in [6.07, 6.45) is 0. The average molecular weight is 322 g/mol. The van der Waals surface area contributed by atoms with Crippen LogP contribution < -0.4 is 14.8 Å². The highest BCUT2D eigenvalue weighted by atomic mass is 79.9. The second-order valence-electron chi connectivity index (χ2n) is 3.96. The lowest BCUT2D eigenvalue weighted by Gasteiger charge is -2.09. The fourth-order valence-corrected chi connectivity index (χ4v) is 2.03. The van der Waals surface area contributed by atoms with Crippen molar-refractivity contribution in [3.8, 4) is 11.5 Å². The Bertz CT molecular complexity index is 514. The Morgan fingerprint density at radius 1 is 1.05 bits per heavy atom. The molecule has 3 nitrogen and oxygen atoms in total. The summed E-state index contributed by atoms with van der Waals surface area (Å²) >= 11 is 3.44. The van der Waals surface area contributed by atoms with E-state index in [2.05, 4.69) is 21.2 Å². The van der Waals surface area contributed by atoms with Crippen molar-refractivity contribution in [1.29, 1.82) is 0 Å². The number of anilines is 1. The van der Waals surface area contributed by atoms with Crippen molar-refractivity contribution in [2.75, 3.05) is 25.6 Å². The standard InChI is InChI=1S/C15H16BrNO2/c1-18-14-5-7-15(8-6-14)19-10-9-17-13-4-2-3-12(16)11-13/h2-8,11,17H,9-10H2,1H3. The minimum Gasteiger partial charge on any atom is -0.497 e. The Labute approximate surface area is 121 Å². The fourth-order valence-electron chi connectivity index (χ4n) is 1.63. The summed E-state index contributed by atoms with van der Waals surface area (Å²) in [5.74, 6) is 1.68. The second-order valence-corrected chi connectivity index (χ2v) is 4.88. The van der Waals surface area contributed by atoms with Gasteiger partial charge in [0.1, 0.15) is 18.1 Å². The maximum absolute atomic E-state index is 5.63. The van der Waals surface area contributed by atoms with Gasteiger partial charge in [-0.2, -0.15) is 0 Å². The van der Waals surface area contributed by atoms with Crippen molar-refractivity contribution >= 4 is 21.6 Å². The molecule has 0 unspecified atom stereocenters. The normalized spacial score (nSPS) is 10.0. The van der Waals surface area contributed by atoms with Crippen LogP contribution in [0.1, 0.15) is 0 Å². The van der Waals surface area contributed by atoms with Crippen LogP contribution >= 0.6 is 15.9 Å². The molecule has 0 radical (unpaired) electrons. The van der Waals surface area contributed by atoms with E-state index >= 15 is 0 Å². The lowest BCUT2D eigenvalue weighted by molar-refractivity contribution is 0.332. The van der Waals surface area contributed by atoms with Crippen LogP contribution in [-0.4, -0.2) is 20.3 Å². The van der Waals surface area contributed by atoms with Gasteiger partial charge in [-0.3, -0.25) is 0 Å². The molecular formula is C15H16BrNO2. The largest absolute Gasteiger partial charge is 0.497 e. The van der Waals surface area contributed by atoms with E-state index in [1.807, 2.05) is 48.5 Å². The Morgan fingerprint density at radius 3 is 2.47 bits per heavy atom. The topological polar surface area (TPSA) is 30.5 Å². The molecule has 0 fully saturated rings. The summed E-state index contributed by atoms with van der Waals surface area (Å²) in [5, 5.41) is 3.30. The van der Waals surface area contributed by atoms with Gasteiger partial charge in [0.15, 0.2) is 0 Å². The van der Waals surface area contributed by atoms with Crippen molar-refractivity contribution in [2.24, 2.45) is 0 Å². The van der Waals surface area contributed by atoms with Gasteiger partial charge in [-0.25, -0.2) is 0 Å². The smallest absolute Gasteiger partial charge is 0.119 e. The van der Waals surface area contributed by atoms with Crippen LogP contribution in [0.25, 0.3) is 0 Å². The van der Waals surface area contributed by atoms with Crippen LogP contribution in [0.15, 0.2) is 53.0 Å². The molecule has 100 valence electrons. The molecule has 0 heterocycles. The minimum absolute atomic E-state index is 0.610. The van der Waals surface area contributed by atoms with E-state index in [-0.39, 0.29) is 0 Å². The van der Waals surface area contributed by atoms with Crippen LogP contribution in [-0.2, 0) is 0 Å². The van der Waals surface area contributed by atoms with Gasteiger partial charge in [-0.05, 0) is 42.5 Å². The predicted octanol–water partition coefficient (Wildman–Crippen LogP) is 3.95. The molecule has 0 aliphatic heterocycles. The SMILES string of the molecule is COc1ccc(OCCNc2cccc(Br)c2)cc1. The van der Waals surface area contributed by atoms with E-state index in [1.165, 1.54) is 0 Å². The summed E-state index contributed by atoms with van der Waals surface area (Å²) in [6, 6.07) is 15.6. The van der Waals surface area contributed by atoms with Crippen molar-refractivity contribution < 1.29 is 9.47 Å². The van der Waals surface area contributed by atoms with Crippen LogP contribution in [0.5, 0.6) is 11.5 Å². The first-order valence-corrected chi connectivity index (χ1v) is 6.83. The van der Waals surface area contributed by atoms with E-state index in [9.17, 15) is 0 Å². The van der Waals surface area contributed by atoms with Gasteiger partial charge in [-0.1, -0.05) is 22.0 Å². The molecule has 0 aromatic heterocycles. The Hall–Kier alpha value is -1.68. The molecule has 0 amide bonds. The monoisotopic (exact) mass is 321 g/mol. The zero-order chi connectivity index (χ0) is 13.5. The molecule has 4 heteroatoms. The van der Waals surface area contributed by atoms with Crippen LogP contribution in [0.2, 0.25) is 0 Å². The predicted molar refractivity (Wildman–Crippen MR) is 81.1 cm³/mol. The number of nitrogens with one attached hydrogen (secondary N) is 1. The maximum Gasteiger partial charge on any atom is 0.119 e. The molecule has 2 rings (SSSR count). The number of hydrogen-bond donors (Lipinski definition) is 1. The lowest BCUT2D eigenvalue weighted by Crippen LogP contribution is -2.11. The molecule has 2 aromatic carbocycles. The lowest BCUT2D eigenvalue weighted by atomic mass is 10.3. The van der Waals surface area contributed by atoms with Crippen molar-refractivity contribution in [2.45, 2.75) is 0 Å². The Balaban J connectivity index is 1.74. The highest BCUT2D eigenvalue weighted by Crippen LogP contribution is 2.17. The zero-order valence-electron chi connectivity index (χ0n) is 10.7.